The average molecular weight is 227 g/mol. The molecule has 0 unspecified atom stereocenters. The molecule has 0 aliphatic carbocycles. The van der Waals surface area contributed by atoms with Crippen molar-refractivity contribution in [3.8, 4) is 0 Å². The van der Waals surface area contributed by atoms with Crippen LogP contribution in [0, 0.1) is 0 Å². The summed E-state index contributed by atoms with van der Waals surface area (Å²) in [5, 5.41) is 6.58. The largest absolute Gasteiger partial charge is 0.375 e. The predicted molar refractivity (Wildman–Crippen MR) is 61.2 cm³/mol. The van der Waals surface area contributed by atoms with Crippen molar-refractivity contribution in [2.75, 3.05) is 32.8 Å². The summed E-state index contributed by atoms with van der Waals surface area (Å²) in [5.74, 6) is 0.181. The number of carbonyl (C=O) groups excluding carboxylic acids is 1. The fraction of sp³-hybridized carbons (Fsp3) is 0.909. The van der Waals surface area contributed by atoms with Crippen LogP contribution in [0.1, 0.15) is 13.8 Å². The maximum atomic E-state index is 12.3. The molecule has 2 heterocycles. The van der Waals surface area contributed by atoms with Gasteiger partial charge in [-0.05, 0) is 13.8 Å². The van der Waals surface area contributed by atoms with Crippen LogP contribution in [0.3, 0.4) is 0 Å². The summed E-state index contributed by atoms with van der Waals surface area (Å²) in [7, 11) is 0. The number of rotatable bonds is 1. The molecule has 5 heteroatoms. The van der Waals surface area contributed by atoms with Gasteiger partial charge in [-0.15, -0.1) is 0 Å². The van der Waals surface area contributed by atoms with Gasteiger partial charge in [-0.2, -0.15) is 0 Å². The monoisotopic (exact) mass is 227 g/mol. The number of nitrogens with one attached hydrogen (secondary N) is 2. The number of ether oxygens (including phenoxy) is 1. The van der Waals surface area contributed by atoms with Crippen LogP contribution in [0.15, 0.2) is 0 Å². The lowest BCUT2D eigenvalue weighted by Gasteiger charge is -2.37. The smallest absolute Gasteiger partial charge is 0.242 e. The van der Waals surface area contributed by atoms with Crippen LogP contribution >= 0.6 is 0 Å². The molecule has 0 aromatic carbocycles. The number of hydrogen-bond donors (Lipinski definition) is 2. The molecule has 0 aromatic heterocycles. The molecule has 5 nitrogen and oxygen atoms in total. The fourth-order valence-electron chi connectivity index (χ4n) is 2.34. The molecule has 0 saturated carbocycles. The van der Waals surface area contributed by atoms with E-state index in [1.807, 2.05) is 11.8 Å². The standard InChI is InChI=1S/C11H21N3O2/c1-8-7-14(5-3-12-8)11(15)10-9(2)16-6-4-13-10/h8-10,12-13H,3-7H2,1-2H3/t8-,9+,10-/m0/s1. The molecule has 0 radical (unpaired) electrons. The lowest BCUT2D eigenvalue weighted by Crippen LogP contribution is -2.60. The second kappa shape index (κ2) is 5.12. The highest BCUT2D eigenvalue weighted by molar-refractivity contribution is 5.82. The minimum atomic E-state index is -0.168. The van der Waals surface area contributed by atoms with Gasteiger partial charge in [0, 0.05) is 32.2 Å². The third-order valence-corrected chi connectivity index (χ3v) is 3.26. The number of morpholine rings is 1. The zero-order valence-electron chi connectivity index (χ0n) is 10.0. The summed E-state index contributed by atoms with van der Waals surface area (Å²) < 4.78 is 5.50. The van der Waals surface area contributed by atoms with E-state index < -0.39 is 0 Å². The van der Waals surface area contributed by atoms with Crippen molar-refractivity contribution in [1.82, 2.24) is 15.5 Å². The first-order valence-corrected chi connectivity index (χ1v) is 6.05. The molecule has 0 bridgehead atoms. The fourth-order valence-corrected chi connectivity index (χ4v) is 2.34. The topological polar surface area (TPSA) is 53.6 Å². The van der Waals surface area contributed by atoms with Crippen LogP contribution in [-0.2, 0) is 9.53 Å². The molecule has 2 aliphatic rings. The predicted octanol–water partition coefficient (Wildman–Crippen LogP) is -0.816. The SMILES string of the molecule is C[C@H]1CN(C(=O)[C@H]2NCCO[C@@H]2C)CCN1. The van der Waals surface area contributed by atoms with Crippen LogP contribution in [0.2, 0.25) is 0 Å². The van der Waals surface area contributed by atoms with Gasteiger partial charge < -0.3 is 20.3 Å². The zero-order chi connectivity index (χ0) is 11.5. The van der Waals surface area contributed by atoms with Gasteiger partial charge in [0.2, 0.25) is 5.91 Å². The summed E-state index contributed by atoms with van der Waals surface area (Å²) in [6.45, 7) is 8.01. The first-order valence-electron chi connectivity index (χ1n) is 6.05. The Morgan fingerprint density at radius 3 is 2.81 bits per heavy atom. The second-order valence-corrected chi connectivity index (χ2v) is 4.65. The molecule has 0 aromatic rings. The quantitative estimate of drug-likeness (QED) is 0.615. The second-order valence-electron chi connectivity index (χ2n) is 4.65. The molecule has 3 atom stereocenters. The van der Waals surface area contributed by atoms with Crippen molar-refractivity contribution in [3.05, 3.63) is 0 Å². The molecular formula is C11H21N3O2. The third-order valence-electron chi connectivity index (χ3n) is 3.26. The van der Waals surface area contributed by atoms with E-state index in [2.05, 4.69) is 17.6 Å². The maximum absolute atomic E-state index is 12.3. The van der Waals surface area contributed by atoms with E-state index in [0.717, 1.165) is 26.2 Å². The molecule has 2 saturated heterocycles. The van der Waals surface area contributed by atoms with E-state index in [1.54, 1.807) is 0 Å². The first-order chi connectivity index (χ1) is 7.68. The average Bonchev–Trinajstić information content (AvgIpc) is 2.29. The lowest BCUT2D eigenvalue weighted by atomic mass is 10.1. The van der Waals surface area contributed by atoms with Crippen molar-refractivity contribution >= 4 is 5.91 Å². The van der Waals surface area contributed by atoms with Crippen LogP contribution in [0.4, 0.5) is 0 Å². The lowest BCUT2D eigenvalue weighted by molar-refractivity contribution is -0.140. The van der Waals surface area contributed by atoms with Crippen molar-refractivity contribution in [2.45, 2.75) is 32.0 Å². The van der Waals surface area contributed by atoms with Gasteiger partial charge >= 0.3 is 0 Å². The normalized spacial score (nSPS) is 36.1. The summed E-state index contributed by atoms with van der Waals surface area (Å²) in [6.07, 6.45) is -0.0218. The van der Waals surface area contributed by atoms with E-state index in [4.69, 9.17) is 4.74 Å². The van der Waals surface area contributed by atoms with Gasteiger partial charge in [-0.3, -0.25) is 4.79 Å². The Balaban J connectivity index is 1.94. The van der Waals surface area contributed by atoms with Gasteiger partial charge in [0.25, 0.3) is 0 Å². The number of piperazine rings is 1. The Kier molecular flexibility index (Phi) is 3.78. The molecule has 2 rings (SSSR count). The highest BCUT2D eigenvalue weighted by Crippen LogP contribution is 2.09. The number of nitrogens with zero attached hydrogens (tertiary/aromatic N) is 1. The molecule has 1 amide bonds. The van der Waals surface area contributed by atoms with Gasteiger partial charge in [-0.1, -0.05) is 0 Å². The van der Waals surface area contributed by atoms with Gasteiger partial charge in [0.1, 0.15) is 6.04 Å². The summed E-state index contributed by atoms with van der Waals surface area (Å²) >= 11 is 0. The van der Waals surface area contributed by atoms with Gasteiger partial charge in [0.15, 0.2) is 0 Å². The summed E-state index contributed by atoms with van der Waals surface area (Å²) in [4.78, 5) is 14.2. The Labute approximate surface area is 96.5 Å². The minimum absolute atomic E-state index is 0.0218. The molecule has 2 fully saturated rings. The minimum Gasteiger partial charge on any atom is -0.375 e. The highest BCUT2D eigenvalue weighted by Gasteiger charge is 2.33. The van der Waals surface area contributed by atoms with Gasteiger partial charge in [-0.25, -0.2) is 0 Å². The molecule has 2 aliphatic heterocycles. The zero-order valence-corrected chi connectivity index (χ0v) is 10.0. The van der Waals surface area contributed by atoms with Crippen LogP contribution < -0.4 is 10.6 Å². The first kappa shape index (κ1) is 11.8. The Bertz CT molecular complexity index is 260. The van der Waals surface area contributed by atoms with E-state index in [1.165, 1.54) is 0 Å². The Hall–Kier alpha value is -0.650. The Morgan fingerprint density at radius 1 is 1.31 bits per heavy atom. The molecule has 0 spiro atoms. The highest BCUT2D eigenvalue weighted by atomic mass is 16.5. The van der Waals surface area contributed by atoms with E-state index in [-0.39, 0.29) is 18.1 Å². The van der Waals surface area contributed by atoms with Crippen molar-refractivity contribution in [3.63, 3.8) is 0 Å². The van der Waals surface area contributed by atoms with Crippen LogP contribution in [0.25, 0.3) is 0 Å². The third kappa shape index (κ3) is 2.53. The van der Waals surface area contributed by atoms with E-state index >= 15 is 0 Å². The van der Waals surface area contributed by atoms with Crippen molar-refractivity contribution < 1.29 is 9.53 Å². The number of carbonyl (C=O) groups is 1. The van der Waals surface area contributed by atoms with Gasteiger partial charge in [0.05, 0.1) is 12.7 Å². The molecular weight excluding hydrogens is 206 g/mol. The van der Waals surface area contributed by atoms with Crippen LogP contribution in [0.5, 0.6) is 0 Å². The van der Waals surface area contributed by atoms with Crippen molar-refractivity contribution in [2.24, 2.45) is 0 Å². The molecule has 2 N–H and O–H groups in total. The maximum Gasteiger partial charge on any atom is 0.242 e. The molecule has 16 heavy (non-hydrogen) atoms. The number of hydrogen-bond acceptors (Lipinski definition) is 4. The van der Waals surface area contributed by atoms with E-state index in [9.17, 15) is 4.79 Å². The van der Waals surface area contributed by atoms with Crippen molar-refractivity contribution in [1.29, 1.82) is 0 Å². The van der Waals surface area contributed by atoms with Crippen LogP contribution in [-0.4, -0.2) is 61.8 Å². The summed E-state index contributed by atoms with van der Waals surface area (Å²) in [5.41, 5.74) is 0. The van der Waals surface area contributed by atoms with E-state index in [0.29, 0.717) is 12.6 Å². The Morgan fingerprint density at radius 2 is 2.12 bits per heavy atom. The molecule has 92 valence electrons. The number of amides is 1. The summed E-state index contributed by atoms with van der Waals surface area (Å²) in [6, 6.07) is 0.219.